The van der Waals surface area contributed by atoms with E-state index in [1.807, 2.05) is 0 Å². The predicted molar refractivity (Wildman–Crippen MR) is 94.2 cm³/mol. The van der Waals surface area contributed by atoms with E-state index in [0.29, 0.717) is 11.6 Å². The number of hydrogen-bond acceptors (Lipinski definition) is 5. The number of cyclic esters (lactones) is 1. The summed E-state index contributed by atoms with van der Waals surface area (Å²) in [5.74, 6) is -3.99. The zero-order valence-corrected chi connectivity index (χ0v) is 15.6. The maximum atomic E-state index is 13.7. The van der Waals surface area contributed by atoms with Crippen LogP contribution in [0, 0.1) is 11.6 Å². The van der Waals surface area contributed by atoms with Crippen molar-refractivity contribution in [3.8, 4) is 0 Å². The number of rotatable bonds is 4. The summed E-state index contributed by atoms with van der Waals surface area (Å²) in [6.45, 7) is 1.49. The Morgan fingerprint density at radius 3 is 2.04 bits per heavy atom. The minimum Gasteiger partial charge on any atom is -0.425 e. The van der Waals surface area contributed by atoms with Crippen molar-refractivity contribution < 1.29 is 31.5 Å². The van der Waals surface area contributed by atoms with E-state index in [4.69, 9.17) is 9.47 Å². The minimum atomic E-state index is -3.41. The average Bonchev–Trinajstić information content (AvgIpc) is 2.84. The molecule has 1 unspecified atom stereocenters. The number of carbonyl (C=O) groups excluding carboxylic acids is 1. The van der Waals surface area contributed by atoms with Gasteiger partial charge in [-0.3, -0.25) is 0 Å². The summed E-state index contributed by atoms with van der Waals surface area (Å²) in [6.07, 6.45) is 1.07. The molecule has 0 aliphatic carbocycles. The zero-order chi connectivity index (χ0) is 20.0. The third-order valence-corrected chi connectivity index (χ3v) is 5.44. The lowest BCUT2D eigenvalue weighted by Crippen LogP contribution is -2.29. The molecule has 8 heteroatoms. The van der Waals surface area contributed by atoms with Crippen LogP contribution in [0.4, 0.5) is 8.78 Å². The fraction of sp³-hybridized carbons (Fsp3) is 0.211. The predicted octanol–water partition coefficient (Wildman–Crippen LogP) is 3.20. The molecule has 0 saturated heterocycles. The molecule has 0 saturated carbocycles. The molecule has 0 N–H and O–H groups in total. The maximum Gasteiger partial charge on any atom is 0.342 e. The summed E-state index contributed by atoms with van der Waals surface area (Å²) in [7, 11) is -2.08. The van der Waals surface area contributed by atoms with Gasteiger partial charge in [-0.25, -0.2) is 22.0 Å². The standard InChI is InChI=1S/C19H16F2O5S/c1-19(25-2)17(11-4-6-15(7-5-11)27(3,23)24)16(18(22)26-19)12-8-13(20)10-14(21)9-12/h4-10H,1-3H3. The van der Waals surface area contributed by atoms with Crippen LogP contribution < -0.4 is 0 Å². The number of hydrogen-bond donors (Lipinski definition) is 0. The van der Waals surface area contributed by atoms with E-state index in [1.165, 1.54) is 38.3 Å². The molecule has 5 nitrogen and oxygen atoms in total. The summed E-state index contributed by atoms with van der Waals surface area (Å²) in [6, 6.07) is 8.46. The maximum absolute atomic E-state index is 13.7. The van der Waals surface area contributed by atoms with Crippen LogP contribution in [0.2, 0.25) is 0 Å². The van der Waals surface area contributed by atoms with E-state index in [0.717, 1.165) is 18.4 Å². The second kappa shape index (κ2) is 6.54. The van der Waals surface area contributed by atoms with Crippen LogP contribution in [0.5, 0.6) is 0 Å². The molecule has 3 rings (SSSR count). The van der Waals surface area contributed by atoms with Gasteiger partial charge in [0, 0.05) is 31.9 Å². The molecular weight excluding hydrogens is 378 g/mol. The Balaban J connectivity index is 2.27. The minimum absolute atomic E-state index is 0.000430. The van der Waals surface area contributed by atoms with Gasteiger partial charge in [-0.05, 0) is 35.4 Å². The lowest BCUT2D eigenvalue weighted by Gasteiger charge is -2.25. The van der Waals surface area contributed by atoms with Crippen molar-refractivity contribution >= 4 is 27.0 Å². The summed E-state index contributed by atoms with van der Waals surface area (Å²) in [4.78, 5) is 12.6. The fourth-order valence-corrected chi connectivity index (χ4v) is 3.62. The first-order valence-electron chi connectivity index (χ1n) is 7.85. The van der Waals surface area contributed by atoms with Gasteiger partial charge in [-0.15, -0.1) is 0 Å². The molecule has 2 aromatic rings. The highest BCUT2D eigenvalue weighted by Gasteiger charge is 2.45. The molecule has 0 aromatic heterocycles. The highest BCUT2D eigenvalue weighted by atomic mass is 32.2. The molecule has 2 aromatic carbocycles. The molecule has 1 atom stereocenters. The Hall–Kier alpha value is -2.58. The van der Waals surface area contributed by atoms with Crippen molar-refractivity contribution in [3.63, 3.8) is 0 Å². The quantitative estimate of drug-likeness (QED) is 0.745. The molecule has 0 radical (unpaired) electrons. The number of esters is 1. The molecule has 142 valence electrons. The fourth-order valence-electron chi connectivity index (χ4n) is 2.99. The van der Waals surface area contributed by atoms with Crippen LogP contribution in [0.3, 0.4) is 0 Å². The number of ether oxygens (including phenoxy) is 2. The van der Waals surface area contributed by atoms with Crippen molar-refractivity contribution in [1.82, 2.24) is 0 Å². The zero-order valence-electron chi connectivity index (χ0n) is 14.7. The van der Waals surface area contributed by atoms with Crippen LogP contribution in [-0.4, -0.2) is 33.5 Å². The Bertz CT molecular complexity index is 1040. The number of methoxy groups -OCH3 is 1. The van der Waals surface area contributed by atoms with E-state index < -0.39 is 33.2 Å². The summed E-state index contributed by atoms with van der Waals surface area (Å²) < 4.78 is 61.3. The van der Waals surface area contributed by atoms with Crippen molar-refractivity contribution in [1.29, 1.82) is 0 Å². The van der Waals surface area contributed by atoms with Gasteiger partial charge in [0.15, 0.2) is 9.84 Å². The van der Waals surface area contributed by atoms with Gasteiger partial charge in [0.2, 0.25) is 5.79 Å². The molecular formula is C19H16F2O5S. The molecule has 0 amide bonds. The lowest BCUT2D eigenvalue weighted by molar-refractivity contribution is -0.178. The molecule has 1 aliphatic rings. The molecule has 0 spiro atoms. The van der Waals surface area contributed by atoms with E-state index in [-0.39, 0.29) is 21.6 Å². The number of halogens is 2. The highest BCUT2D eigenvalue weighted by Crippen LogP contribution is 2.44. The lowest BCUT2D eigenvalue weighted by atomic mass is 9.91. The average molecular weight is 394 g/mol. The number of carbonyl (C=O) groups is 1. The molecule has 1 aliphatic heterocycles. The Labute approximate surface area is 155 Å². The highest BCUT2D eigenvalue weighted by molar-refractivity contribution is 7.90. The first kappa shape index (κ1) is 19.2. The van der Waals surface area contributed by atoms with Gasteiger partial charge in [-0.2, -0.15) is 0 Å². The SMILES string of the molecule is COC1(C)OC(=O)C(c2cc(F)cc(F)c2)=C1c1ccc(S(C)(=O)=O)cc1. The van der Waals surface area contributed by atoms with E-state index in [1.54, 1.807) is 0 Å². The molecule has 1 heterocycles. The second-order valence-corrected chi connectivity index (χ2v) is 8.26. The third kappa shape index (κ3) is 3.50. The van der Waals surface area contributed by atoms with Gasteiger partial charge in [0.05, 0.1) is 10.5 Å². The third-order valence-electron chi connectivity index (χ3n) is 4.31. The summed E-state index contributed by atoms with van der Waals surface area (Å²) in [5.41, 5.74) is 0.627. The van der Waals surface area contributed by atoms with Crippen molar-refractivity contribution in [2.24, 2.45) is 0 Å². The van der Waals surface area contributed by atoms with Gasteiger partial charge >= 0.3 is 5.97 Å². The van der Waals surface area contributed by atoms with Crippen LogP contribution >= 0.6 is 0 Å². The molecule has 0 bridgehead atoms. The molecule has 27 heavy (non-hydrogen) atoms. The van der Waals surface area contributed by atoms with Gasteiger partial charge < -0.3 is 9.47 Å². The van der Waals surface area contributed by atoms with E-state index >= 15 is 0 Å². The first-order chi connectivity index (χ1) is 12.5. The van der Waals surface area contributed by atoms with Crippen LogP contribution in [0.15, 0.2) is 47.4 Å². The van der Waals surface area contributed by atoms with E-state index in [2.05, 4.69) is 0 Å². The summed E-state index contributed by atoms with van der Waals surface area (Å²) >= 11 is 0. The number of sulfone groups is 1. The van der Waals surface area contributed by atoms with Gasteiger partial charge in [0.25, 0.3) is 0 Å². The normalized spacial score (nSPS) is 20.1. The Kier molecular flexibility index (Phi) is 4.65. The topological polar surface area (TPSA) is 69.7 Å². The van der Waals surface area contributed by atoms with Crippen molar-refractivity contribution in [2.75, 3.05) is 13.4 Å². The van der Waals surface area contributed by atoms with Crippen LogP contribution in [0.1, 0.15) is 18.1 Å². The van der Waals surface area contributed by atoms with Gasteiger partial charge in [-0.1, -0.05) is 12.1 Å². The van der Waals surface area contributed by atoms with Crippen LogP contribution in [0.25, 0.3) is 11.1 Å². The number of benzene rings is 2. The van der Waals surface area contributed by atoms with Gasteiger partial charge in [0.1, 0.15) is 11.6 Å². The smallest absolute Gasteiger partial charge is 0.342 e. The summed E-state index contributed by atoms with van der Waals surface area (Å²) in [5, 5.41) is 0. The Morgan fingerprint density at radius 2 is 1.56 bits per heavy atom. The van der Waals surface area contributed by atoms with E-state index in [9.17, 15) is 22.0 Å². The monoisotopic (exact) mass is 394 g/mol. The van der Waals surface area contributed by atoms with Crippen LogP contribution in [-0.2, 0) is 24.1 Å². The largest absolute Gasteiger partial charge is 0.425 e. The van der Waals surface area contributed by atoms with Crippen molar-refractivity contribution in [2.45, 2.75) is 17.6 Å². The molecule has 0 fully saturated rings. The Morgan fingerprint density at radius 1 is 1.00 bits per heavy atom. The second-order valence-electron chi connectivity index (χ2n) is 6.24. The van der Waals surface area contributed by atoms with Crippen molar-refractivity contribution in [3.05, 3.63) is 65.2 Å². The first-order valence-corrected chi connectivity index (χ1v) is 9.74.